The van der Waals surface area contributed by atoms with Crippen LogP contribution in [0, 0.1) is 0 Å². The molecule has 0 aliphatic rings. The highest BCUT2D eigenvalue weighted by atomic mass is 14.5. The molecular weight excluding hydrogens is 158 g/mol. The van der Waals surface area contributed by atoms with E-state index in [2.05, 4.69) is 25.2 Å². The zero-order valence-corrected chi connectivity index (χ0v) is 9.64. The Hall–Kier alpha value is -0.560. The third kappa shape index (κ3) is 11.4. The van der Waals surface area contributed by atoms with Crippen LogP contribution in [0.5, 0.6) is 0 Å². The molecule has 78 valence electrons. The van der Waals surface area contributed by atoms with E-state index in [4.69, 9.17) is 5.73 Å². The predicted molar refractivity (Wildman–Crippen MR) is 62.8 cm³/mol. The summed E-state index contributed by atoms with van der Waals surface area (Å²) in [6.07, 6.45) is 9.91. The van der Waals surface area contributed by atoms with Crippen LogP contribution >= 0.6 is 0 Å². The number of unbranched alkanes of at least 4 members (excludes halogenated alkanes) is 1. The fraction of sp³-hybridized carbons (Fsp3) is 0.667. The van der Waals surface area contributed by atoms with Crippen LogP contribution in [0.4, 0.5) is 0 Å². The second-order valence-electron chi connectivity index (χ2n) is 2.61. The van der Waals surface area contributed by atoms with Gasteiger partial charge >= 0.3 is 0 Å². The van der Waals surface area contributed by atoms with Crippen molar-refractivity contribution < 1.29 is 0 Å². The fourth-order valence-corrected chi connectivity index (χ4v) is 1.01. The van der Waals surface area contributed by atoms with Crippen LogP contribution in [0.25, 0.3) is 0 Å². The molecule has 0 atom stereocenters. The van der Waals surface area contributed by atoms with Crippen LogP contribution in [-0.2, 0) is 0 Å². The summed E-state index contributed by atoms with van der Waals surface area (Å²) < 4.78 is 0. The number of nitrogens with two attached hydrogens (primary N) is 1. The third-order valence-corrected chi connectivity index (χ3v) is 1.67. The van der Waals surface area contributed by atoms with E-state index in [0.29, 0.717) is 0 Å². The van der Waals surface area contributed by atoms with E-state index in [-0.39, 0.29) is 0 Å². The molecule has 0 aromatic heterocycles. The summed E-state index contributed by atoms with van der Waals surface area (Å²) in [4.78, 5) is 0. The van der Waals surface area contributed by atoms with Crippen LogP contribution in [0.15, 0.2) is 23.8 Å². The van der Waals surface area contributed by atoms with Crippen molar-refractivity contribution in [2.24, 2.45) is 5.73 Å². The van der Waals surface area contributed by atoms with E-state index < -0.39 is 0 Å². The van der Waals surface area contributed by atoms with Crippen molar-refractivity contribution in [2.45, 2.75) is 47.0 Å². The Morgan fingerprint density at radius 3 is 2.15 bits per heavy atom. The van der Waals surface area contributed by atoms with Gasteiger partial charge in [0.15, 0.2) is 0 Å². The maximum atomic E-state index is 5.39. The van der Waals surface area contributed by atoms with Gasteiger partial charge in [-0.2, -0.15) is 0 Å². The first kappa shape index (κ1) is 14.9. The van der Waals surface area contributed by atoms with Gasteiger partial charge in [-0.05, 0) is 39.7 Å². The Bertz CT molecular complexity index is 134. The van der Waals surface area contributed by atoms with E-state index in [0.717, 1.165) is 19.4 Å². The van der Waals surface area contributed by atoms with E-state index >= 15 is 0 Å². The minimum atomic E-state index is 0.812. The molecule has 1 heteroatoms. The van der Waals surface area contributed by atoms with Gasteiger partial charge in [0.25, 0.3) is 0 Å². The van der Waals surface area contributed by atoms with Gasteiger partial charge in [0.1, 0.15) is 0 Å². The molecule has 0 radical (unpaired) electrons. The lowest BCUT2D eigenvalue weighted by atomic mass is 10.1. The molecule has 0 fully saturated rings. The lowest BCUT2D eigenvalue weighted by Crippen LogP contribution is -1.97. The summed E-state index contributed by atoms with van der Waals surface area (Å²) in [5.41, 5.74) is 6.81. The Morgan fingerprint density at radius 1 is 1.15 bits per heavy atom. The molecule has 0 aromatic carbocycles. The minimum Gasteiger partial charge on any atom is -0.330 e. The molecule has 0 aliphatic carbocycles. The highest BCUT2D eigenvalue weighted by Crippen LogP contribution is 2.07. The SMILES string of the molecule is C/C=C\C(=C/C)CCCCN.CC. The number of rotatable bonds is 5. The summed E-state index contributed by atoms with van der Waals surface area (Å²) >= 11 is 0. The lowest BCUT2D eigenvalue weighted by Gasteiger charge is -1.99. The highest BCUT2D eigenvalue weighted by Gasteiger charge is 1.89. The van der Waals surface area contributed by atoms with Gasteiger partial charge in [0.05, 0.1) is 0 Å². The normalized spacial score (nSPS) is 11.3. The quantitative estimate of drug-likeness (QED) is 0.511. The van der Waals surface area contributed by atoms with Gasteiger partial charge < -0.3 is 5.73 Å². The molecule has 0 spiro atoms. The van der Waals surface area contributed by atoms with E-state index in [1.54, 1.807) is 0 Å². The zero-order valence-electron chi connectivity index (χ0n) is 9.64. The fourth-order valence-electron chi connectivity index (χ4n) is 1.01. The smallest absolute Gasteiger partial charge is 0.00772 e. The minimum absolute atomic E-state index is 0.812. The average molecular weight is 183 g/mol. The van der Waals surface area contributed by atoms with Gasteiger partial charge in [-0.15, -0.1) is 0 Å². The summed E-state index contributed by atoms with van der Waals surface area (Å²) in [6, 6.07) is 0. The Morgan fingerprint density at radius 2 is 1.77 bits per heavy atom. The molecule has 1 nitrogen and oxygen atoms in total. The molecule has 0 saturated heterocycles. The topological polar surface area (TPSA) is 26.0 Å². The van der Waals surface area contributed by atoms with E-state index in [1.807, 2.05) is 20.8 Å². The first-order valence-electron chi connectivity index (χ1n) is 5.33. The summed E-state index contributed by atoms with van der Waals surface area (Å²) in [6.45, 7) is 8.94. The second kappa shape index (κ2) is 14.0. The van der Waals surface area contributed by atoms with Crippen molar-refractivity contribution >= 4 is 0 Å². The highest BCUT2D eigenvalue weighted by molar-refractivity contribution is 5.16. The lowest BCUT2D eigenvalue weighted by molar-refractivity contribution is 0.746. The van der Waals surface area contributed by atoms with Gasteiger partial charge in [0.2, 0.25) is 0 Å². The Balaban J connectivity index is 0. The van der Waals surface area contributed by atoms with Gasteiger partial charge in [0, 0.05) is 0 Å². The van der Waals surface area contributed by atoms with Crippen molar-refractivity contribution in [3.8, 4) is 0 Å². The van der Waals surface area contributed by atoms with Gasteiger partial charge in [-0.1, -0.05) is 37.6 Å². The van der Waals surface area contributed by atoms with Crippen LogP contribution in [0.1, 0.15) is 47.0 Å². The average Bonchev–Trinajstić information content (AvgIpc) is 2.20. The van der Waals surface area contributed by atoms with Crippen molar-refractivity contribution in [1.29, 1.82) is 0 Å². The first-order valence-corrected chi connectivity index (χ1v) is 5.33. The van der Waals surface area contributed by atoms with Crippen molar-refractivity contribution in [3.63, 3.8) is 0 Å². The van der Waals surface area contributed by atoms with E-state index in [9.17, 15) is 0 Å². The number of hydrogen-bond donors (Lipinski definition) is 1. The molecule has 2 N–H and O–H groups in total. The number of hydrogen-bond acceptors (Lipinski definition) is 1. The monoisotopic (exact) mass is 183 g/mol. The van der Waals surface area contributed by atoms with Gasteiger partial charge in [-0.25, -0.2) is 0 Å². The molecule has 0 heterocycles. The van der Waals surface area contributed by atoms with Crippen LogP contribution in [-0.4, -0.2) is 6.54 Å². The standard InChI is InChI=1S/C10H19N.C2H6/c1-3-7-10(4-2)8-5-6-9-11;1-2/h3-4,7H,5-6,8-9,11H2,1-2H3;1-2H3/b7-3-,10-4+;. The summed E-state index contributed by atoms with van der Waals surface area (Å²) in [5, 5.41) is 0. The molecule has 0 bridgehead atoms. The number of allylic oxidation sites excluding steroid dienone is 4. The Labute approximate surface area is 83.7 Å². The van der Waals surface area contributed by atoms with Crippen LogP contribution < -0.4 is 5.73 Å². The zero-order chi connectivity index (χ0) is 10.5. The first-order chi connectivity index (χ1) is 6.35. The van der Waals surface area contributed by atoms with Crippen LogP contribution in [0.3, 0.4) is 0 Å². The molecule has 0 amide bonds. The molecular formula is C12H25N. The second-order valence-corrected chi connectivity index (χ2v) is 2.61. The molecule has 0 saturated carbocycles. The van der Waals surface area contributed by atoms with Gasteiger partial charge in [-0.3, -0.25) is 0 Å². The molecule has 13 heavy (non-hydrogen) atoms. The Kier molecular flexibility index (Phi) is 16.1. The van der Waals surface area contributed by atoms with E-state index in [1.165, 1.54) is 12.0 Å². The third-order valence-electron chi connectivity index (χ3n) is 1.67. The van der Waals surface area contributed by atoms with Crippen molar-refractivity contribution in [1.82, 2.24) is 0 Å². The maximum absolute atomic E-state index is 5.39. The summed E-state index contributed by atoms with van der Waals surface area (Å²) in [5.74, 6) is 0. The maximum Gasteiger partial charge on any atom is -0.00772 e. The molecule has 0 aliphatic heterocycles. The largest absolute Gasteiger partial charge is 0.330 e. The molecule has 0 rings (SSSR count). The molecule has 0 unspecified atom stereocenters. The summed E-state index contributed by atoms with van der Waals surface area (Å²) in [7, 11) is 0. The molecule has 0 aromatic rings. The predicted octanol–water partition coefficient (Wildman–Crippen LogP) is 3.66. The van der Waals surface area contributed by atoms with Crippen molar-refractivity contribution in [3.05, 3.63) is 23.8 Å². The van der Waals surface area contributed by atoms with Crippen LogP contribution in [0.2, 0.25) is 0 Å². The van der Waals surface area contributed by atoms with Crippen molar-refractivity contribution in [2.75, 3.05) is 6.54 Å².